The fourth-order valence-corrected chi connectivity index (χ4v) is 2.04. The monoisotopic (exact) mass is 258 g/mol. The molecule has 0 spiro atoms. The third-order valence-electron chi connectivity index (χ3n) is 3.10. The zero-order chi connectivity index (χ0) is 13.7. The van der Waals surface area contributed by atoms with Gasteiger partial charge in [-0.25, -0.2) is 0 Å². The van der Waals surface area contributed by atoms with Crippen molar-refractivity contribution < 1.29 is 4.74 Å². The first kappa shape index (κ1) is 13.8. The van der Waals surface area contributed by atoms with Gasteiger partial charge in [-0.3, -0.25) is 4.98 Å². The van der Waals surface area contributed by atoms with Crippen LogP contribution in [-0.2, 0) is 6.42 Å². The third kappa shape index (κ3) is 3.93. The summed E-state index contributed by atoms with van der Waals surface area (Å²) in [5, 5.41) is 4.58. The van der Waals surface area contributed by atoms with Crippen molar-refractivity contribution >= 4 is 10.9 Å². The summed E-state index contributed by atoms with van der Waals surface area (Å²) in [7, 11) is 1.66. The second-order valence-corrected chi connectivity index (χ2v) is 5.25. The minimum absolute atomic E-state index is 0.700. The summed E-state index contributed by atoms with van der Waals surface area (Å²) in [6.45, 7) is 6.53. The number of nitrogens with one attached hydrogen (secondary N) is 1. The molecule has 0 radical (unpaired) electrons. The van der Waals surface area contributed by atoms with Crippen molar-refractivity contribution in [1.82, 2.24) is 10.3 Å². The maximum atomic E-state index is 5.18. The fourth-order valence-electron chi connectivity index (χ4n) is 2.04. The Bertz CT molecular complexity index is 537. The molecule has 102 valence electrons. The number of pyridine rings is 1. The van der Waals surface area contributed by atoms with Crippen LogP contribution in [0.3, 0.4) is 0 Å². The summed E-state index contributed by atoms with van der Waals surface area (Å²) in [4.78, 5) is 4.42. The molecule has 3 heteroatoms. The van der Waals surface area contributed by atoms with Crippen molar-refractivity contribution in [3.8, 4) is 5.75 Å². The molecular formula is C16H22N2O. The molecular weight excluding hydrogens is 236 g/mol. The Labute approximate surface area is 115 Å². The van der Waals surface area contributed by atoms with Gasteiger partial charge in [-0.1, -0.05) is 26.0 Å². The maximum Gasteiger partial charge on any atom is 0.137 e. The second-order valence-electron chi connectivity index (χ2n) is 5.25. The molecule has 0 unspecified atom stereocenters. The van der Waals surface area contributed by atoms with Crippen LogP contribution in [0.5, 0.6) is 5.75 Å². The standard InChI is InChI=1S/C16H22N2O/c1-12(2)10-17-7-6-13-4-5-14-9-15(19-3)11-18-16(14)8-13/h4-5,8-9,11-12,17H,6-7,10H2,1-3H3. The van der Waals surface area contributed by atoms with Crippen molar-refractivity contribution in [2.45, 2.75) is 20.3 Å². The molecule has 2 aromatic rings. The third-order valence-corrected chi connectivity index (χ3v) is 3.10. The van der Waals surface area contributed by atoms with Crippen LogP contribution >= 0.6 is 0 Å². The second kappa shape index (κ2) is 6.53. The largest absolute Gasteiger partial charge is 0.495 e. The minimum Gasteiger partial charge on any atom is -0.495 e. The number of nitrogens with zero attached hydrogens (tertiary/aromatic N) is 1. The normalized spacial score (nSPS) is 11.2. The highest BCUT2D eigenvalue weighted by atomic mass is 16.5. The number of methoxy groups -OCH3 is 1. The van der Waals surface area contributed by atoms with Gasteiger partial charge in [0, 0.05) is 5.39 Å². The van der Waals surface area contributed by atoms with Gasteiger partial charge in [-0.2, -0.15) is 0 Å². The molecule has 3 nitrogen and oxygen atoms in total. The van der Waals surface area contributed by atoms with Crippen LogP contribution in [0.15, 0.2) is 30.5 Å². The number of benzene rings is 1. The van der Waals surface area contributed by atoms with Crippen LogP contribution < -0.4 is 10.1 Å². The molecule has 0 bridgehead atoms. The predicted octanol–water partition coefficient (Wildman–Crippen LogP) is 3.03. The SMILES string of the molecule is COc1cnc2cc(CCNCC(C)C)ccc2c1. The number of rotatable bonds is 6. The first-order chi connectivity index (χ1) is 9.19. The topological polar surface area (TPSA) is 34.1 Å². The van der Waals surface area contributed by atoms with Gasteiger partial charge in [0.05, 0.1) is 18.8 Å². The Kier molecular flexibility index (Phi) is 4.74. The van der Waals surface area contributed by atoms with E-state index in [0.29, 0.717) is 5.92 Å². The average molecular weight is 258 g/mol. The Hall–Kier alpha value is -1.61. The number of hydrogen-bond acceptors (Lipinski definition) is 3. The quantitative estimate of drug-likeness (QED) is 0.809. The van der Waals surface area contributed by atoms with Crippen molar-refractivity contribution in [1.29, 1.82) is 0 Å². The van der Waals surface area contributed by atoms with Crippen LogP contribution in [0.25, 0.3) is 10.9 Å². The predicted molar refractivity (Wildman–Crippen MR) is 79.7 cm³/mol. The van der Waals surface area contributed by atoms with Crippen LogP contribution in [0.4, 0.5) is 0 Å². The molecule has 0 saturated carbocycles. The first-order valence-electron chi connectivity index (χ1n) is 6.82. The first-order valence-corrected chi connectivity index (χ1v) is 6.82. The van der Waals surface area contributed by atoms with Gasteiger partial charge in [-0.05, 0) is 43.1 Å². The lowest BCUT2D eigenvalue weighted by Gasteiger charge is -2.08. The van der Waals surface area contributed by atoms with E-state index < -0.39 is 0 Å². The van der Waals surface area contributed by atoms with E-state index in [9.17, 15) is 0 Å². The van der Waals surface area contributed by atoms with Gasteiger partial charge >= 0.3 is 0 Å². The van der Waals surface area contributed by atoms with E-state index in [1.165, 1.54) is 5.56 Å². The van der Waals surface area contributed by atoms with Gasteiger partial charge in [0.25, 0.3) is 0 Å². The molecule has 0 atom stereocenters. The van der Waals surface area contributed by atoms with Gasteiger partial charge in [0.2, 0.25) is 0 Å². The zero-order valence-electron chi connectivity index (χ0n) is 11.9. The van der Waals surface area contributed by atoms with Gasteiger partial charge in [0.1, 0.15) is 5.75 Å². The summed E-state index contributed by atoms with van der Waals surface area (Å²) in [6, 6.07) is 8.46. The molecule has 1 aromatic heterocycles. The number of ether oxygens (including phenoxy) is 1. The van der Waals surface area contributed by atoms with Crippen LogP contribution in [-0.4, -0.2) is 25.2 Å². The van der Waals surface area contributed by atoms with Gasteiger partial charge < -0.3 is 10.1 Å². The summed E-state index contributed by atoms with van der Waals surface area (Å²) >= 11 is 0. The Morgan fingerprint density at radius 2 is 2.11 bits per heavy atom. The molecule has 1 aromatic carbocycles. The fraction of sp³-hybridized carbons (Fsp3) is 0.438. The van der Waals surface area contributed by atoms with Crippen LogP contribution in [0.2, 0.25) is 0 Å². The summed E-state index contributed by atoms with van der Waals surface area (Å²) in [6.07, 6.45) is 2.81. The van der Waals surface area contributed by atoms with Crippen molar-refractivity contribution in [2.24, 2.45) is 5.92 Å². The highest BCUT2D eigenvalue weighted by molar-refractivity contribution is 5.80. The van der Waals surface area contributed by atoms with Crippen LogP contribution in [0, 0.1) is 5.92 Å². The molecule has 0 amide bonds. The molecule has 0 aliphatic carbocycles. The number of hydrogen-bond donors (Lipinski definition) is 1. The molecule has 2 rings (SSSR count). The molecule has 1 heterocycles. The molecule has 19 heavy (non-hydrogen) atoms. The van der Waals surface area contributed by atoms with E-state index in [1.54, 1.807) is 13.3 Å². The van der Waals surface area contributed by atoms with Crippen LogP contribution in [0.1, 0.15) is 19.4 Å². The van der Waals surface area contributed by atoms with Crippen molar-refractivity contribution in [3.05, 3.63) is 36.0 Å². The highest BCUT2D eigenvalue weighted by Gasteiger charge is 2.00. The Morgan fingerprint density at radius 1 is 1.26 bits per heavy atom. The molecule has 0 aliphatic rings. The summed E-state index contributed by atoms with van der Waals surface area (Å²) in [5.41, 5.74) is 2.35. The lowest BCUT2D eigenvalue weighted by atomic mass is 10.1. The van der Waals surface area contributed by atoms with E-state index in [4.69, 9.17) is 4.74 Å². The lowest BCUT2D eigenvalue weighted by Crippen LogP contribution is -2.22. The van der Waals surface area contributed by atoms with E-state index in [2.05, 4.69) is 42.3 Å². The summed E-state index contributed by atoms with van der Waals surface area (Å²) in [5.74, 6) is 1.50. The lowest BCUT2D eigenvalue weighted by molar-refractivity contribution is 0.414. The zero-order valence-corrected chi connectivity index (χ0v) is 11.9. The van der Waals surface area contributed by atoms with E-state index in [-0.39, 0.29) is 0 Å². The van der Waals surface area contributed by atoms with Crippen molar-refractivity contribution in [3.63, 3.8) is 0 Å². The number of fused-ring (bicyclic) bond motifs is 1. The van der Waals surface area contributed by atoms with Crippen molar-refractivity contribution in [2.75, 3.05) is 20.2 Å². The Balaban J connectivity index is 2.01. The molecule has 0 aliphatic heterocycles. The minimum atomic E-state index is 0.700. The smallest absolute Gasteiger partial charge is 0.137 e. The molecule has 1 N–H and O–H groups in total. The molecule has 0 saturated heterocycles. The number of aromatic nitrogens is 1. The van der Waals surface area contributed by atoms with E-state index in [1.807, 2.05) is 6.07 Å². The van der Waals surface area contributed by atoms with E-state index in [0.717, 1.165) is 36.2 Å². The van der Waals surface area contributed by atoms with Gasteiger partial charge in [-0.15, -0.1) is 0 Å². The maximum absolute atomic E-state index is 5.18. The summed E-state index contributed by atoms with van der Waals surface area (Å²) < 4.78 is 5.18. The molecule has 0 fully saturated rings. The average Bonchev–Trinajstić information content (AvgIpc) is 2.42. The highest BCUT2D eigenvalue weighted by Crippen LogP contribution is 2.19. The van der Waals surface area contributed by atoms with E-state index >= 15 is 0 Å². The van der Waals surface area contributed by atoms with Gasteiger partial charge in [0.15, 0.2) is 0 Å². The Morgan fingerprint density at radius 3 is 2.84 bits per heavy atom.